The molecule has 0 heterocycles. The Bertz CT molecular complexity index is 541. The Morgan fingerprint density at radius 1 is 1.30 bits per heavy atom. The molecule has 0 aliphatic carbocycles. The summed E-state index contributed by atoms with van der Waals surface area (Å²) in [7, 11) is -3.45. The molecule has 0 radical (unpaired) electrons. The monoisotopic (exact) mass is 298 g/mol. The van der Waals surface area contributed by atoms with Crippen LogP contribution in [0.4, 0.5) is 5.69 Å². The maximum Gasteiger partial charge on any atom is 0.243 e. The van der Waals surface area contributed by atoms with E-state index in [-0.39, 0.29) is 6.04 Å². The van der Waals surface area contributed by atoms with Gasteiger partial charge in [-0.25, -0.2) is 8.42 Å². The number of sulfonamides is 1. The molecule has 1 rings (SSSR count). The van der Waals surface area contributed by atoms with Crippen molar-refractivity contribution in [1.82, 2.24) is 4.31 Å². The number of rotatable bonds is 7. The van der Waals surface area contributed by atoms with Gasteiger partial charge < -0.3 is 5.73 Å². The Hall–Kier alpha value is -1.07. The Labute approximate surface area is 123 Å². The van der Waals surface area contributed by atoms with Crippen LogP contribution >= 0.6 is 0 Å². The first-order valence-electron chi connectivity index (χ1n) is 7.22. The number of aryl methyl sites for hydroxylation is 1. The summed E-state index contributed by atoms with van der Waals surface area (Å²) >= 11 is 0. The van der Waals surface area contributed by atoms with Crippen molar-refractivity contribution in [2.75, 3.05) is 12.3 Å². The number of nitrogens with two attached hydrogens (primary N) is 1. The first-order chi connectivity index (χ1) is 9.34. The number of nitrogen functional groups attached to an aromatic ring is 1. The van der Waals surface area contributed by atoms with Crippen LogP contribution in [0, 0.1) is 6.92 Å². The molecule has 5 heteroatoms. The highest BCUT2D eigenvalue weighted by Gasteiger charge is 2.27. The average Bonchev–Trinajstić information content (AvgIpc) is 2.41. The Morgan fingerprint density at radius 2 is 1.95 bits per heavy atom. The van der Waals surface area contributed by atoms with Gasteiger partial charge in [-0.05, 0) is 50.5 Å². The summed E-state index contributed by atoms with van der Waals surface area (Å²) in [6.07, 6.45) is 2.65. The summed E-state index contributed by atoms with van der Waals surface area (Å²) in [5.74, 6) is 0. The second-order valence-corrected chi connectivity index (χ2v) is 7.14. The molecule has 4 nitrogen and oxygen atoms in total. The lowest BCUT2D eigenvalue weighted by atomic mass is 10.2. The maximum atomic E-state index is 12.8. The molecule has 1 unspecified atom stereocenters. The summed E-state index contributed by atoms with van der Waals surface area (Å²) in [5.41, 5.74) is 7.18. The van der Waals surface area contributed by atoms with Gasteiger partial charge in [-0.1, -0.05) is 20.3 Å². The molecule has 1 aromatic carbocycles. The van der Waals surface area contributed by atoms with Crippen molar-refractivity contribution in [1.29, 1.82) is 0 Å². The minimum atomic E-state index is -3.45. The molecule has 0 aliphatic rings. The highest BCUT2D eigenvalue weighted by Crippen LogP contribution is 2.23. The Morgan fingerprint density at radius 3 is 2.45 bits per heavy atom. The molecule has 0 amide bonds. The second-order valence-electron chi connectivity index (χ2n) is 5.24. The molecule has 0 fully saturated rings. The lowest BCUT2D eigenvalue weighted by Crippen LogP contribution is -2.39. The minimum absolute atomic E-state index is 0.00408. The van der Waals surface area contributed by atoms with Crippen molar-refractivity contribution in [3.63, 3.8) is 0 Å². The van der Waals surface area contributed by atoms with E-state index in [0.29, 0.717) is 17.1 Å². The van der Waals surface area contributed by atoms with Crippen molar-refractivity contribution >= 4 is 15.7 Å². The van der Waals surface area contributed by atoms with Crippen molar-refractivity contribution in [2.45, 2.75) is 57.9 Å². The zero-order chi connectivity index (χ0) is 15.3. The van der Waals surface area contributed by atoms with E-state index >= 15 is 0 Å². The highest BCUT2D eigenvalue weighted by atomic mass is 32.2. The molecule has 2 N–H and O–H groups in total. The molecular weight excluding hydrogens is 272 g/mol. The maximum absolute atomic E-state index is 12.8. The van der Waals surface area contributed by atoms with E-state index in [1.807, 2.05) is 20.8 Å². The fraction of sp³-hybridized carbons (Fsp3) is 0.600. The molecule has 0 spiro atoms. The van der Waals surface area contributed by atoms with Crippen LogP contribution in [0.15, 0.2) is 23.1 Å². The van der Waals surface area contributed by atoms with Crippen LogP contribution in [0.1, 0.15) is 45.6 Å². The molecule has 114 valence electrons. The highest BCUT2D eigenvalue weighted by molar-refractivity contribution is 7.89. The number of hydrogen-bond acceptors (Lipinski definition) is 3. The Balaban J connectivity index is 3.17. The summed E-state index contributed by atoms with van der Waals surface area (Å²) < 4.78 is 27.2. The number of anilines is 1. The number of nitrogens with zero attached hydrogens (tertiary/aromatic N) is 1. The molecule has 1 atom stereocenters. The molecular formula is C15H26N2O2S. The van der Waals surface area contributed by atoms with Gasteiger partial charge in [0, 0.05) is 18.3 Å². The van der Waals surface area contributed by atoms with E-state index in [1.165, 1.54) is 0 Å². The van der Waals surface area contributed by atoms with E-state index < -0.39 is 10.0 Å². The van der Waals surface area contributed by atoms with Crippen molar-refractivity contribution in [3.05, 3.63) is 23.8 Å². The lowest BCUT2D eigenvalue weighted by molar-refractivity contribution is 0.324. The molecule has 0 saturated carbocycles. The average molecular weight is 298 g/mol. The first-order valence-corrected chi connectivity index (χ1v) is 8.66. The van der Waals surface area contributed by atoms with Crippen LogP contribution in [-0.4, -0.2) is 25.3 Å². The van der Waals surface area contributed by atoms with Crippen LogP contribution in [0.25, 0.3) is 0 Å². The van der Waals surface area contributed by atoms with Crippen LogP contribution in [0.2, 0.25) is 0 Å². The van der Waals surface area contributed by atoms with Crippen molar-refractivity contribution in [2.24, 2.45) is 0 Å². The van der Waals surface area contributed by atoms with E-state index in [4.69, 9.17) is 5.73 Å². The standard InChI is InChI=1S/C15H26N2O2S/c1-5-7-10-17(13(4)6-2)20(18,19)14-8-9-15(16)12(3)11-14/h8-9,11,13H,5-7,10,16H2,1-4H3. The second kappa shape index (κ2) is 7.09. The largest absolute Gasteiger partial charge is 0.399 e. The molecule has 1 aromatic rings. The lowest BCUT2D eigenvalue weighted by Gasteiger charge is -2.27. The van der Waals surface area contributed by atoms with Crippen molar-refractivity contribution < 1.29 is 8.42 Å². The Kier molecular flexibility index (Phi) is 6.02. The first kappa shape index (κ1) is 17.0. The van der Waals surface area contributed by atoms with Gasteiger partial charge in [0.1, 0.15) is 0 Å². The van der Waals surface area contributed by atoms with E-state index in [2.05, 4.69) is 6.92 Å². The normalized spacial score (nSPS) is 13.7. The summed E-state index contributed by atoms with van der Waals surface area (Å²) in [6, 6.07) is 4.92. The molecule has 0 aliphatic heterocycles. The summed E-state index contributed by atoms with van der Waals surface area (Å²) in [4.78, 5) is 0.334. The van der Waals surface area contributed by atoms with Crippen LogP contribution in [0.5, 0.6) is 0 Å². The van der Waals surface area contributed by atoms with Gasteiger partial charge in [0.05, 0.1) is 4.90 Å². The smallest absolute Gasteiger partial charge is 0.243 e. The van der Waals surface area contributed by atoms with Gasteiger partial charge in [0.25, 0.3) is 0 Å². The molecule has 0 bridgehead atoms. The van der Waals surface area contributed by atoms with Gasteiger partial charge in [-0.3, -0.25) is 0 Å². The van der Waals surface area contributed by atoms with Gasteiger partial charge in [-0.2, -0.15) is 4.31 Å². The van der Waals surface area contributed by atoms with E-state index in [9.17, 15) is 8.42 Å². The fourth-order valence-electron chi connectivity index (χ4n) is 2.04. The third-order valence-electron chi connectivity index (χ3n) is 3.66. The van der Waals surface area contributed by atoms with Crippen LogP contribution < -0.4 is 5.73 Å². The van der Waals surface area contributed by atoms with Gasteiger partial charge >= 0.3 is 0 Å². The molecule has 0 aromatic heterocycles. The SMILES string of the molecule is CCCCN(C(C)CC)S(=O)(=O)c1ccc(N)c(C)c1. The van der Waals surface area contributed by atoms with Crippen molar-refractivity contribution in [3.8, 4) is 0 Å². The zero-order valence-corrected chi connectivity index (χ0v) is 13.7. The third-order valence-corrected chi connectivity index (χ3v) is 5.67. The van der Waals surface area contributed by atoms with Crippen LogP contribution in [-0.2, 0) is 10.0 Å². The minimum Gasteiger partial charge on any atom is -0.399 e. The third kappa shape index (κ3) is 3.73. The zero-order valence-electron chi connectivity index (χ0n) is 12.9. The van der Waals surface area contributed by atoms with Crippen LogP contribution in [0.3, 0.4) is 0 Å². The van der Waals surface area contributed by atoms with E-state index in [1.54, 1.807) is 22.5 Å². The predicted octanol–water partition coefficient (Wildman–Crippen LogP) is 3.17. The topological polar surface area (TPSA) is 63.4 Å². The molecule has 0 saturated heterocycles. The number of unbranched alkanes of at least 4 members (excludes halogenated alkanes) is 1. The quantitative estimate of drug-likeness (QED) is 0.786. The summed E-state index contributed by atoms with van der Waals surface area (Å²) in [6.45, 7) is 8.42. The number of benzene rings is 1. The predicted molar refractivity (Wildman–Crippen MR) is 84.1 cm³/mol. The summed E-state index contributed by atoms with van der Waals surface area (Å²) in [5, 5.41) is 0. The molecule has 20 heavy (non-hydrogen) atoms. The fourth-order valence-corrected chi connectivity index (χ4v) is 3.87. The van der Waals surface area contributed by atoms with E-state index in [0.717, 1.165) is 24.8 Å². The number of hydrogen-bond donors (Lipinski definition) is 1. The van der Waals surface area contributed by atoms with Gasteiger partial charge in [0.15, 0.2) is 0 Å². The van der Waals surface area contributed by atoms with Gasteiger partial charge in [0.2, 0.25) is 10.0 Å². The van der Waals surface area contributed by atoms with Gasteiger partial charge in [-0.15, -0.1) is 0 Å².